The van der Waals surface area contributed by atoms with E-state index < -0.39 is 6.10 Å². The first-order valence-corrected chi connectivity index (χ1v) is 20.7. The van der Waals surface area contributed by atoms with Crippen molar-refractivity contribution in [2.24, 2.45) is 0 Å². The van der Waals surface area contributed by atoms with E-state index in [0.717, 1.165) is 30.7 Å². The highest BCUT2D eigenvalue weighted by Crippen LogP contribution is 2.36. The molecule has 4 rings (SSSR count). The SMILES string of the molecule is C/C=C\C.C/C=C\CC.C=CC.CB1OC(C)(C)C(C)(C)O1.CC.CC.CC/C=C/OCC.CC1CC(=O)N1c1ccccc1.CCC(O)c1ccc(F)cc1. The molecule has 2 aromatic carbocycles. The van der Waals surface area contributed by atoms with Crippen molar-refractivity contribution in [2.45, 2.75) is 174 Å². The van der Waals surface area contributed by atoms with E-state index in [4.69, 9.17) is 14.0 Å². The number of carbonyl (C=O) groups is 1. The Labute approximate surface area is 346 Å². The number of amides is 1. The van der Waals surface area contributed by atoms with Gasteiger partial charge in [0.05, 0.1) is 30.2 Å². The number of ether oxygens (including phenoxy) is 1. The number of carbonyl (C=O) groups excluding carboxylic acids is 1. The number of nitrogens with zero attached hydrogens (tertiary/aromatic N) is 1. The predicted molar refractivity (Wildman–Crippen MR) is 247 cm³/mol. The average Bonchev–Trinajstić information content (AvgIpc) is 3.38. The zero-order chi connectivity index (χ0) is 44.6. The molecule has 2 aliphatic rings. The van der Waals surface area contributed by atoms with Crippen molar-refractivity contribution in [2.75, 3.05) is 11.5 Å². The normalized spacial score (nSPS) is 15.8. The quantitative estimate of drug-likeness (QED) is 0.131. The third kappa shape index (κ3) is 31.7. The van der Waals surface area contributed by atoms with Crippen molar-refractivity contribution in [3.63, 3.8) is 0 Å². The number of aliphatic hydroxyl groups excluding tert-OH is 1. The third-order valence-corrected chi connectivity index (χ3v) is 7.63. The Morgan fingerprint density at radius 1 is 0.857 bits per heavy atom. The molecule has 2 heterocycles. The number of allylic oxidation sites excluding steroid dienone is 6. The van der Waals surface area contributed by atoms with Crippen LogP contribution in [0.5, 0.6) is 0 Å². The minimum Gasteiger partial charge on any atom is -0.502 e. The molecular formula is C48H85BFNO5. The van der Waals surface area contributed by atoms with Crippen LogP contribution in [0.1, 0.15) is 155 Å². The molecule has 0 radical (unpaired) electrons. The van der Waals surface area contributed by atoms with Crippen LogP contribution >= 0.6 is 0 Å². The molecule has 1 amide bonds. The standard InChI is InChI=1S/C10H11NO.C9H11FO.C7H15BO2.C6H12O.C5H10.C4H8.C3H6.2C2H6/c1-8-7-10(12)11(8)9-5-3-2-4-6-9;1-2-9(11)7-3-5-8(10)6-4-7;1-6(2)7(3,4)10-8(5)9-6;1-3-5-6-7-4-2;1-3-5-4-2;1-3-4-2;1-3-2;2*1-2/h2-6,8H,7H2,1H3;3-6,9,11H,2H2,1H3;1-5H3;5-6H,3-4H2,1-2H3;3,5H,4H2,1-2H3;3-4H,1-2H3;3H,1H2,2H3;2*1-2H3/b;;;6-5+;5-3-;4-3-;;;. The lowest BCUT2D eigenvalue weighted by molar-refractivity contribution is -0.123. The molecule has 0 saturated carbocycles. The van der Waals surface area contributed by atoms with Gasteiger partial charge in [-0.15, -0.1) is 6.58 Å². The summed E-state index contributed by atoms with van der Waals surface area (Å²) in [6, 6.07) is 16.1. The fourth-order valence-electron chi connectivity index (χ4n) is 4.12. The summed E-state index contributed by atoms with van der Waals surface area (Å²) >= 11 is 0. The number of β-lactam (4-membered cyclic amide) rings is 1. The van der Waals surface area contributed by atoms with Crippen LogP contribution in [0.15, 0.2) is 104 Å². The van der Waals surface area contributed by atoms with Crippen molar-refractivity contribution in [1.29, 1.82) is 0 Å². The Hall–Kier alpha value is -3.46. The molecule has 2 saturated heterocycles. The van der Waals surface area contributed by atoms with Crippen molar-refractivity contribution < 1.29 is 28.3 Å². The van der Waals surface area contributed by atoms with Gasteiger partial charge in [0.15, 0.2) is 0 Å². The third-order valence-electron chi connectivity index (χ3n) is 7.63. The maximum atomic E-state index is 12.4. The van der Waals surface area contributed by atoms with E-state index in [9.17, 15) is 14.3 Å². The zero-order valence-corrected chi connectivity index (χ0v) is 39.1. The second-order valence-corrected chi connectivity index (χ2v) is 12.7. The number of aliphatic hydroxyl groups is 1. The van der Waals surface area contributed by atoms with Crippen LogP contribution in [-0.4, -0.2) is 42.0 Å². The van der Waals surface area contributed by atoms with Crippen LogP contribution in [0.4, 0.5) is 10.1 Å². The van der Waals surface area contributed by atoms with E-state index in [-0.39, 0.29) is 30.0 Å². The molecule has 2 unspecified atom stereocenters. The van der Waals surface area contributed by atoms with Gasteiger partial charge in [-0.2, -0.15) is 0 Å². The summed E-state index contributed by atoms with van der Waals surface area (Å²) in [4.78, 5) is 13.0. The van der Waals surface area contributed by atoms with Gasteiger partial charge < -0.3 is 24.1 Å². The lowest BCUT2D eigenvalue weighted by Crippen LogP contribution is -2.51. The summed E-state index contributed by atoms with van der Waals surface area (Å²) in [6.07, 6.45) is 16.8. The predicted octanol–water partition coefficient (Wildman–Crippen LogP) is 14.5. The van der Waals surface area contributed by atoms with Crippen LogP contribution in [0.2, 0.25) is 6.82 Å². The monoisotopic (exact) mass is 786 g/mol. The summed E-state index contributed by atoms with van der Waals surface area (Å²) in [5.41, 5.74) is 1.47. The Bertz CT molecular complexity index is 1210. The Morgan fingerprint density at radius 3 is 1.57 bits per heavy atom. The van der Waals surface area contributed by atoms with Crippen molar-refractivity contribution in [1.82, 2.24) is 0 Å². The fraction of sp³-hybridized carbons (Fsp3) is 0.562. The molecule has 2 fully saturated rings. The highest BCUT2D eigenvalue weighted by atomic mass is 19.1. The minimum absolute atomic E-state index is 0.0648. The summed E-state index contributed by atoms with van der Waals surface area (Å²) in [5.74, 6) is -0.0363. The molecule has 0 aromatic heterocycles. The van der Waals surface area contributed by atoms with Gasteiger partial charge in [0.1, 0.15) is 5.82 Å². The Balaban J connectivity index is -0.000000185. The number of benzene rings is 2. The molecule has 56 heavy (non-hydrogen) atoms. The van der Waals surface area contributed by atoms with E-state index in [2.05, 4.69) is 67.2 Å². The van der Waals surface area contributed by atoms with Gasteiger partial charge in [-0.1, -0.05) is 115 Å². The lowest BCUT2D eigenvalue weighted by Gasteiger charge is -2.38. The molecule has 0 bridgehead atoms. The highest BCUT2D eigenvalue weighted by Gasteiger charge is 2.48. The van der Waals surface area contributed by atoms with Crippen LogP contribution in [0, 0.1) is 5.82 Å². The Morgan fingerprint density at radius 2 is 1.30 bits per heavy atom. The van der Waals surface area contributed by atoms with Gasteiger partial charge in [-0.3, -0.25) is 4.79 Å². The second kappa shape index (κ2) is 41.2. The number of hydrogen-bond acceptors (Lipinski definition) is 5. The molecule has 0 spiro atoms. The van der Waals surface area contributed by atoms with Crippen LogP contribution in [0.3, 0.4) is 0 Å². The molecule has 2 atom stereocenters. The number of hydrogen-bond donors (Lipinski definition) is 1. The average molecular weight is 786 g/mol. The summed E-state index contributed by atoms with van der Waals surface area (Å²) in [7, 11) is -0.0648. The highest BCUT2D eigenvalue weighted by molar-refractivity contribution is 6.43. The fourth-order valence-corrected chi connectivity index (χ4v) is 4.12. The van der Waals surface area contributed by atoms with E-state index >= 15 is 0 Å². The molecule has 8 heteroatoms. The molecule has 322 valence electrons. The maximum absolute atomic E-state index is 12.4. The molecule has 2 aliphatic heterocycles. The number of anilines is 1. The van der Waals surface area contributed by atoms with Gasteiger partial charge in [0.2, 0.25) is 5.91 Å². The van der Waals surface area contributed by atoms with Gasteiger partial charge in [0.25, 0.3) is 0 Å². The van der Waals surface area contributed by atoms with E-state index in [1.165, 1.54) is 12.1 Å². The Kier molecular flexibility index (Phi) is 45.4. The van der Waals surface area contributed by atoms with Gasteiger partial charge >= 0.3 is 7.12 Å². The minimum atomic E-state index is -0.462. The summed E-state index contributed by atoms with van der Waals surface area (Å²) < 4.78 is 28.3. The van der Waals surface area contributed by atoms with Crippen LogP contribution < -0.4 is 4.90 Å². The smallest absolute Gasteiger partial charge is 0.454 e. The zero-order valence-electron chi connectivity index (χ0n) is 39.1. The molecule has 1 N–H and O–H groups in total. The number of rotatable bonds is 7. The number of halogens is 1. The van der Waals surface area contributed by atoms with Crippen molar-refractivity contribution in [3.05, 3.63) is 115 Å². The van der Waals surface area contributed by atoms with Crippen molar-refractivity contribution in [3.8, 4) is 0 Å². The first-order valence-electron chi connectivity index (χ1n) is 20.7. The maximum Gasteiger partial charge on any atom is 0.454 e. The van der Waals surface area contributed by atoms with Gasteiger partial charge in [-0.25, -0.2) is 4.39 Å². The first kappa shape index (κ1) is 61.8. The number of para-hydroxylation sites is 1. The van der Waals surface area contributed by atoms with E-state index in [0.29, 0.717) is 18.9 Å². The molecular weight excluding hydrogens is 700 g/mol. The van der Waals surface area contributed by atoms with E-state index in [1.807, 2.05) is 130 Å². The second-order valence-electron chi connectivity index (χ2n) is 12.7. The van der Waals surface area contributed by atoms with Gasteiger partial charge in [0, 0.05) is 18.2 Å². The van der Waals surface area contributed by atoms with Crippen LogP contribution in [0.25, 0.3) is 0 Å². The lowest BCUT2D eigenvalue weighted by atomic mass is 9.90. The molecule has 6 nitrogen and oxygen atoms in total. The molecule has 0 aliphatic carbocycles. The van der Waals surface area contributed by atoms with E-state index in [1.54, 1.807) is 24.5 Å². The van der Waals surface area contributed by atoms with Crippen molar-refractivity contribution >= 4 is 18.7 Å². The van der Waals surface area contributed by atoms with Gasteiger partial charge in [-0.05, 0) is 125 Å². The largest absolute Gasteiger partial charge is 0.502 e. The molecule has 2 aromatic rings. The summed E-state index contributed by atoms with van der Waals surface area (Å²) in [6.45, 7) is 40.3. The summed E-state index contributed by atoms with van der Waals surface area (Å²) in [5, 5.41) is 9.30. The van der Waals surface area contributed by atoms with Crippen LogP contribution in [-0.2, 0) is 18.8 Å². The first-order chi connectivity index (χ1) is 26.5. The topological polar surface area (TPSA) is 68.2 Å².